The van der Waals surface area contributed by atoms with E-state index in [0.717, 1.165) is 5.56 Å². The van der Waals surface area contributed by atoms with Gasteiger partial charge in [-0.3, -0.25) is 10.1 Å². The molecule has 0 unspecified atom stereocenters. The van der Waals surface area contributed by atoms with Crippen molar-refractivity contribution in [2.24, 2.45) is 0 Å². The largest absolute Gasteiger partial charge is 0.467 e. The van der Waals surface area contributed by atoms with Crippen LogP contribution in [0.3, 0.4) is 0 Å². The predicted octanol–water partition coefficient (Wildman–Crippen LogP) is 3.26. The molecule has 1 heterocycles. The van der Waals surface area contributed by atoms with Crippen LogP contribution in [0, 0.1) is 0 Å². The van der Waals surface area contributed by atoms with Crippen LogP contribution in [-0.2, 0) is 11.3 Å². The normalized spacial score (nSPS) is 11.8. The Hall–Kier alpha value is -2.02. The van der Waals surface area contributed by atoms with E-state index in [0.29, 0.717) is 15.8 Å². The third-order valence-corrected chi connectivity index (χ3v) is 3.82. The Kier molecular flexibility index (Phi) is 6.66. The lowest BCUT2D eigenvalue weighted by Crippen LogP contribution is -2.43. The summed E-state index contributed by atoms with van der Waals surface area (Å²) in [5.74, 6) is 0.144. The molecule has 128 valence electrons. The van der Waals surface area contributed by atoms with Crippen LogP contribution in [-0.4, -0.2) is 18.5 Å². The highest BCUT2D eigenvalue weighted by Crippen LogP contribution is 2.25. The molecule has 0 aliphatic heterocycles. The zero-order valence-corrected chi connectivity index (χ0v) is 14.4. The maximum atomic E-state index is 11.8. The first-order chi connectivity index (χ1) is 11.5. The molecule has 3 N–H and O–H groups in total. The first-order valence-corrected chi connectivity index (χ1v) is 7.99. The SMILES string of the molecule is C[C@@H](NCC(=O)NC(=O)NCc1ccco1)c1ccc(Cl)cc1Cl. The molecule has 3 amide bonds. The second-order valence-electron chi connectivity index (χ2n) is 5.08. The van der Waals surface area contributed by atoms with Crippen molar-refractivity contribution in [3.05, 3.63) is 58.0 Å². The number of carbonyl (C=O) groups excluding carboxylic acids is 2. The van der Waals surface area contributed by atoms with Crippen LogP contribution in [0.15, 0.2) is 41.0 Å². The van der Waals surface area contributed by atoms with Crippen LogP contribution in [0.5, 0.6) is 0 Å². The Morgan fingerprint density at radius 2 is 2.04 bits per heavy atom. The van der Waals surface area contributed by atoms with E-state index in [1.807, 2.05) is 6.92 Å². The van der Waals surface area contributed by atoms with Gasteiger partial charge in [0.15, 0.2) is 0 Å². The third-order valence-electron chi connectivity index (χ3n) is 3.25. The van der Waals surface area contributed by atoms with Gasteiger partial charge in [-0.2, -0.15) is 0 Å². The number of hydrogen-bond acceptors (Lipinski definition) is 4. The molecule has 0 fully saturated rings. The molecule has 8 heteroatoms. The first kappa shape index (κ1) is 18.3. The van der Waals surface area contributed by atoms with Crippen molar-refractivity contribution in [1.82, 2.24) is 16.0 Å². The summed E-state index contributed by atoms with van der Waals surface area (Å²) in [7, 11) is 0. The van der Waals surface area contributed by atoms with Crippen molar-refractivity contribution in [2.75, 3.05) is 6.54 Å². The minimum atomic E-state index is -0.588. The van der Waals surface area contributed by atoms with Gasteiger partial charge in [0.1, 0.15) is 5.76 Å². The molecule has 0 aliphatic carbocycles. The molecule has 1 aromatic heterocycles. The molecular formula is C16H17Cl2N3O3. The average molecular weight is 370 g/mol. The van der Waals surface area contributed by atoms with E-state index in [9.17, 15) is 9.59 Å². The van der Waals surface area contributed by atoms with Crippen molar-refractivity contribution in [1.29, 1.82) is 0 Å². The van der Waals surface area contributed by atoms with E-state index < -0.39 is 11.9 Å². The van der Waals surface area contributed by atoms with Gasteiger partial charge in [0.25, 0.3) is 0 Å². The van der Waals surface area contributed by atoms with Gasteiger partial charge >= 0.3 is 6.03 Å². The van der Waals surface area contributed by atoms with Crippen LogP contribution in [0.4, 0.5) is 4.79 Å². The van der Waals surface area contributed by atoms with E-state index in [4.69, 9.17) is 27.6 Å². The van der Waals surface area contributed by atoms with Crippen molar-refractivity contribution in [3.8, 4) is 0 Å². The lowest BCUT2D eigenvalue weighted by molar-refractivity contribution is -0.119. The molecule has 1 aromatic carbocycles. The number of furan rings is 1. The van der Waals surface area contributed by atoms with Crippen LogP contribution in [0.2, 0.25) is 10.0 Å². The van der Waals surface area contributed by atoms with Crippen LogP contribution in [0.1, 0.15) is 24.3 Å². The number of benzene rings is 1. The molecule has 0 bridgehead atoms. The maximum Gasteiger partial charge on any atom is 0.321 e. The summed E-state index contributed by atoms with van der Waals surface area (Å²) in [6, 6.07) is 7.83. The molecule has 2 rings (SSSR count). The summed E-state index contributed by atoms with van der Waals surface area (Å²) in [6.45, 7) is 2.03. The summed E-state index contributed by atoms with van der Waals surface area (Å²) in [5, 5.41) is 8.80. The van der Waals surface area contributed by atoms with Gasteiger partial charge in [0.2, 0.25) is 5.91 Å². The fourth-order valence-electron chi connectivity index (χ4n) is 2.00. The number of halogens is 2. The number of rotatable bonds is 6. The topological polar surface area (TPSA) is 83.4 Å². The lowest BCUT2D eigenvalue weighted by Gasteiger charge is -2.15. The molecular weight excluding hydrogens is 353 g/mol. The Balaban J connectivity index is 1.74. The zero-order chi connectivity index (χ0) is 17.5. The smallest absolute Gasteiger partial charge is 0.321 e. The fraction of sp³-hybridized carbons (Fsp3) is 0.250. The van der Waals surface area contributed by atoms with Crippen molar-refractivity contribution in [2.45, 2.75) is 19.5 Å². The van der Waals surface area contributed by atoms with E-state index >= 15 is 0 Å². The van der Waals surface area contributed by atoms with E-state index in [-0.39, 0.29) is 19.1 Å². The van der Waals surface area contributed by atoms with Crippen LogP contribution < -0.4 is 16.0 Å². The van der Waals surface area contributed by atoms with Crippen molar-refractivity contribution in [3.63, 3.8) is 0 Å². The molecule has 0 aliphatic rings. The van der Waals surface area contributed by atoms with E-state index in [1.54, 1.807) is 30.3 Å². The minimum Gasteiger partial charge on any atom is -0.467 e. The summed E-state index contributed by atoms with van der Waals surface area (Å²) < 4.78 is 5.07. The summed E-state index contributed by atoms with van der Waals surface area (Å²) in [5.41, 5.74) is 0.816. The van der Waals surface area contributed by atoms with Gasteiger partial charge in [-0.25, -0.2) is 4.79 Å². The molecule has 0 saturated carbocycles. The van der Waals surface area contributed by atoms with Gasteiger partial charge in [-0.1, -0.05) is 29.3 Å². The van der Waals surface area contributed by atoms with Gasteiger partial charge in [0, 0.05) is 16.1 Å². The highest BCUT2D eigenvalue weighted by atomic mass is 35.5. The quantitative estimate of drug-likeness (QED) is 0.729. The molecule has 2 aromatic rings. The second kappa shape index (κ2) is 8.73. The number of amides is 3. The lowest BCUT2D eigenvalue weighted by atomic mass is 10.1. The number of carbonyl (C=O) groups is 2. The minimum absolute atomic E-state index is 0.0334. The Labute approximate surface area is 149 Å². The highest BCUT2D eigenvalue weighted by Gasteiger charge is 2.13. The van der Waals surface area contributed by atoms with Gasteiger partial charge in [-0.15, -0.1) is 0 Å². The number of nitrogens with one attached hydrogen (secondary N) is 3. The Morgan fingerprint density at radius 1 is 1.25 bits per heavy atom. The molecule has 24 heavy (non-hydrogen) atoms. The van der Waals surface area contributed by atoms with Gasteiger partial charge in [-0.05, 0) is 36.8 Å². The molecule has 0 spiro atoms. The second-order valence-corrected chi connectivity index (χ2v) is 5.92. The monoisotopic (exact) mass is 369 g/mol. The van der Waals surface area contributed by atoms with E-state index in [2.05, 4.69) is 16.0 Å². The molecule has 1 atom stereocenters. The van der Waals surface area contributed by atoms with Crippen molar-refractivity contribution < 1.29 is 14.0 Å². The Bertz CT molecular complexity index is 705. The van der Waals surface area contributed by atoms with Gasteiger partial charge in [0.05, 0.1) is 19.4 Å². The van der Waals surface area contributed by atoms with Crippen molar-refractivity contribution >= 4 is 35.1 Å². The average Bonchev–Trinajstić information content (AvgIpc) is 3.04. The Morgan fingerprint density at radius 3 is 2.71 bits per heavy atom. The maximum absolute atomic E-state index is 11.8. The highest BCUT2D eigenvalue weighted by molar-refractivity contribution is 6.35. The summed E-state index contributed by atoms with van der Waals surface area (Å²) in [6.07, 6.45) is 1.51. The fourth-order valence-corrected chi connectivity index (χ4v) is 2.58. The zero-order valence-electron chi connectivity index (χ0n) is 12.9. The van der Waals surface area contributed by atoms with E-state index in [1.165, 1.54) is 6.26 Å². The van der Waals surface area contributed by atoms with Gasteiger partial charge < -0.3 is 15.1 Å². The summed E-state index contributed by atoms with van der Waals surface area (Å²) in [4.78, 5) is 23.4. The predicted molar refractivity (Wildman–Crippen MR) is 92.0 cm³/mol. The number of hydrogen-bond donors (Lipinski definition) is 3. The number of urea groups is 1. The summed E-state index contributed by atoms with van der Waals surface area (Å²) >= 11 is 12.0. The molecule has 6 nitrogen and oxygen atoms in total. The molecule has 0 saturated heterocycles. The third kappa shape index (κ3) is 5.56. The number of imide groups is 1. The van der Waals surface area contributed by atoms with Crippen LogP contribution >= 0.6 is 23.2 Å². The first-order valence-electron chi connectivity index (χ1n) is 7.24. The molecule has 0 radical (unpaired) electrons. The van der Waals surface area contributed by atoms with Crippen LogP contribution in [0.25, 0.3) is 0 Å². The standard InChI is InChI=1S/C16H17Cl2N3O3/c1-10(13-5-4-11(17)7-14(13)18)19-9-15(22)21-16(23)20-8-12-3-2-6-24-12/h2-7,10,19H,8-9H2,1H3,(H2,20,21,22,23)/t10-/m1/s1.